The van der Waals surface area contributed by atoms with Gasteiger partial charge in [-0.3, -0.25) is 0 Å². The van der Waals surface area contributed by atoms with Gasteiger partial charge in [0.1, 0.15) is 0 Å². The SMILES string of the molecule is COC1C2CC3C(C2)C31CCO. The summed E-state index contributed by atoms with van der Waals surface area (Å²) in [6, 6.07) is 0. The molecule has 4 aliphatic carbocycles. The Morgan fingerprint density at radius 1 is 1.42 bits per heavy atom. The lowest BCUT2D eigenvalue weighted by molar-refractivity contribution is 0.0266. The molecule has 0 aromatic rings. The molecule has 0 saturated heterocycles. The number of aliphatic hydroxyl groups is 1. The van der Waals surface area contributed by atoms with Gasteiger partial charge in [-0.25, -0.2) is 0 Å². The van der Waals surface area contributed by atoms with E-state index < -0.39 is 0 Å². The molecule has 3 atom stereocenters. The van der Waals surface area contributed by atoms with E-state index in [1.165, 1.54) is 12.8 Å². The summed E-state index contributed by atoms with van der Waals surface area (Å²) in [6.07, 6.45) is 4.23. The minimum atomic E-state index is 0.347. The fourth-order valence-electron chi connectivity index (χ4n) is 4.37. The normalized spacial score (nSPS) is 59.5. The number of ether oxygens (including phenoxy) is 1. The number of methoxy groups -OCH3 is 1. The fraction of sp³-hybridized carbons (Fsp3) is 1.00. The van der Waals surface area contributed by atoms with Crippen molar-refractivity contribution in [1.82, 2.24) is 0 Å². The Morgan fingerprint density at radius 2 is 2.08 bits per heavy atom. The first kappa shape index (κ1) is 7.34. The first-order valence-corrected chi connectivity index (χ1v) is 4.98. The Hall–Kier alpha value is -0.0800. The van der Waals surface area contributed by atoms with Crippen LogP contribution < -0.4 is 0 Å². The van der Waals surface area contributed by atoms with Crippen LogP contribution in [0.25, 0.3) is 0 Å². The Kier molecular flexibility index (Phi) is 1.25. The highest BCUT2D eigenvalue weighted by Gasteiger charge is 2.79. The van der Waals surface area contributed by atoms with Gasteiger partial charge in [0.2, 0.25) is 0 Å². The molecular weight excluding hydrogens is 152 g/mol. The molecule has 3 unspecified atom stereocenters. The number of rotatable bonds is 3. The van der Waals surface area contributed by atoms with Gasteiger partial charge in [0.15, 0.2) is 0 Å². The number of hydrogen-bond acceptors (Lipinski definition) is 2. The standard InChI is InChI=1S/C10H16O2/c1-12-9-6-4-7-8(5-6)10(7,9)2-3-11/h6-9,11H,2-5H2,1H3. The van der Waals surface area contributed by atoms with Gasteiger partial charge in [0.25, 0.3) is 0 Å². The molecule has 68 valence electrons. The highest BCUT2D eigenvalue weighted by Crippen LogP contribution is 2.80. The first-order chi connectivity index (χ1) is 5.84. The predicted molar refractivity (Wildman–Crippen MR) is 44.6 cm³/mol. The third-order valence-electron chi connectivity index (χ3n) is 4.63. The molecule has 0 amide bonds. The molecule has 0 aliphatic heterocycles. The molecular formula is C10H16O2. The lowest BCUT2D eigenvalue weighted by Crippen LogP contribution is -2.24. The highest BCUT2D eigenvalue weighted by molar-refractivity contribution is 5.27. The van der Waals surface area contributed by atoms with Crippen LogP contribution >= 0.6 is 0 Å². The van der Waals surface area contributed by atoms with Crippen molar-refractivity contribution in [3.63, 3.8) is 0 Å². The molecule has 4 fully saturated rings. The Balaban J connectivity index is 1.88. The summed E-state index contributed by atoms with van der Waals surface area (Å²) in [5, 5.41) is 9.01. The van der Waals surface area contributed by atoms with Crippen molar-refractivity contribution >= 4 is 0 Å². The minimum Gasteiger partial charge on any atom is -0.396 e. The summed E-state index contributed by atoms with van der Waals surface area (Å²) in [5.41, 5.74) is 0.439. The van der Waals surface area contributed by atoms with E-state index in [1.54, 1.807) is 0 Å². The van der Waals surface area contributed by atoms with Crippen molar-refractivity contribution < 1.29 is 9.84 Å². The molecule has 4 bridgehead atoms. The molecule has 4 saturated carbocycles. The summed E-state index contributed by atoms with van der Waals surface area (Å²) in [6.45, 7) is 0.347. The smallest absolute Gasteiger partial charge is 0.0662 e. The van der Waals surface area contributed by atoms with E-state index in [2.05, 4.69) is 0 Å². The highest BCUT2D eigenvalue weighted by atomic mass is 16.5. The van der Waals surface area contributed by atoms with Crippen molar-refractivity contribution in [3.8, 4) is 0 Å². The Morgan fingerprint density at radius 3 is 2.58 bits per heavy atom. The van der Waals surface area contributed by atoms with Gasteiger partial charge in [-0.05, 0) is 37.0 Å². The van der Waals surface area contributed by atoms with E-state index in [-0.39, 0.29) is 0 Å². The van der Waals surface area contributed by atoms with E-state index in [0.717, 1.165) is 24.2 Å². The zero-order chi connectivity index (χ0) is 8.34. The third-order valence-corrected chi connectivity index (χ3v) is 4.63. The number of hydrogen-bond donors (Lipinski definition) is 1. The molecule has 0 aromatic heterocycles. The Bertz CT molecular complexity index is 202. The van der Waals surface area contributed by atoms with E-state index in [9.17, 15) is 0 Å². The number of aliphatic hydroxyl groups excluding tert-OH is 1. The largest absolute Gasteiger partial charge is 0.396 e. The average molecular weight is 168 g/mol. The van der Waals surface area contributed by atoms with Crippen LogP contribution in [0.1, 0.15) is 19.3 Å². The summed E-state index contributed by atoms with van der Waals surface area (Å²) in [5.74, 6) is 2.66. The first-order valence-electron chi connectivity index (χ1n) is 4.98. The quantitative estimate of drug-likeness (QED) is 0.682. The second kappa shape index (κ2) is 2.05. The lowest BCUT2D eigenvalue weighted by atomic mass is 9.97. The summed E-state index contributed by atoms with van der Waals surface area (Å²) < 4.78 is 5.56. The van der Waals surface area contributed by atoms with Crippen LogP contribution in [0.3, 0.4) is 0 Å². The molecule has 2 nitrogen and oxygen atoms in total. The fourth-order valence-corrected chi connectivity index (χ4v) is 4.37. The van der Waals surface area contributed by atoms with Crippen molar-refractivity contribution in [2.75, 3.05) is 13.7 Å². The van der Waals surface area contributed by atoms with Crippen LogP contribution in [-0.4, -0.2) is 24.9 Å². The minimum absolute atomic E-state index is 0.347. The van der Waals surface area contributed by atoms with Crippen molar-refractivity contribution in [2.24, 2.45) is 23.2 Å². The van der Waals surface area contributed by atoms with Gasteiger partial charge >= 0.3 is 0 Å². The van der Waals surface area contributed by atoms with E-state index in [0.29, 0.717) is 18.1 Å². The van der Waals surface area contributed by atoms with Crippen LogP contribution in [0.2, 0.25) is 0 Å². The van der Waals surface area contributed by atoms with Gasteiger partial charge in [-0.15, -0.1) is 0 Å². The van der Waals surface area contributed by atoms with Crippen LogP contribution in [0.5, 0.6) is 0 Å². The van der Waals surface area contributed by atoms with E-state index >= 15 is 0 Å². The molecule has 12 heavy (non-hydrogen) atoms. The van der Waals surface area contributed by atoms with Gasteiger partial charge < -0.3 is 9.84 Å². The van der Waals surface area contributed by atoms with Crippen LogP contribution in [0.4, 0.5) is 0 Å². The van der Waals surface area contributed by atoms with Crippen molar-refractivity contribution in [1.29, 1.82) is 0 Å². The molecule has 4 aliphatic rings. The summed E-state index contributed by atoms with van der Waals surface area (Å²) >= 11 is 0. The monoisotopic (exact) mass is 168 g/mol. The summed E-state index contributed by atoms with van der Waals surface area (Å²) in [4.78, 5) is 0. The van der Waals surface area contributed by atoms with Gasteiger partial charge in [0, 0.05) is 19.1 Å². The molecule has 0 aromatic carbocycles. The third kappa shape index (κ3) is 0.549. The van der Waals surface area contributed by atoms with Gasteiger partial charge in [-0.1, -0.05) is 0 Å². The zero-order valence-corrected chi connectivity index (χ0v) is 7.49. The molecule has 2 heteroatoms. The van der Waals surface area contributed by atoms with Gasteiger partial charge in [0.05, 0.1) is 6.10 Å². The van der Waals surface area contributed by atoms with Crippen LogP contribution in [-0.2, 0) is 4.74 Å². The average Bonchev–Trinajstić information content (AvgIpc) is 2.50. The summed E-state index contributed by atoms with van der Waals surface area (Å²) in [7, 11) is 1.83. The van der Waals surface area contributed by atoms with Crippen molar-refractivity contribution in [2.45, 2.75) is 25.4 Å². The van der Waals surface area contributed by atoms with Crippen LogP contribution in [0, 0.1) is 23.2 Å². The topological polar surface area (TPSA) is 29.5 Å². The van der Waals surface area contributed by atoms with Crippen LogP contribution in [0.15, 0.2) is 0 Å². The maximum Gasteiger partial charge on any atom is 0.0662 e. The second-order valence-electron chi connectivity index (χ2n) is 4.69. The molecule has 1 N–H and O–H groups in total. The van der Waals surface area contributed by atoms with Gasteiger partial charge in [-0.2, -0.15) is 0 Å². The van der Waals surface area contributed by atoms with E-state index in [1.807, 2.05) is 7.11 Å². The predicted octanol–water partition coefficient (Wildman–Crippen LogP) is 1.04. The molecule has 4 rings (SSSR count). The lowest BCUT2D eigenvalue weighted by Gasteiger charge is -2.20. The molecule has 0 radical (unpaired) electrons. The zero-order valence-electron chi connectivity index (χ0n) is 7.49. The maximum absolute atomic E-state index is 9.01. The Labute approximate surface area is 72.9 Å². The second-order valence-corrected chi connectivity index (χ2v) is 4.69. The van der Waals surface area contributed by atoms with Crippen molar-refractivity contribution in [3.05, 3.63) is 0 Å². The maximum atomic E-state index is 9.01. The molecule has 0 spiro atoms. The van der Waals surface area contributed by atoms with E-state index in [4.69, 9.17) is 9.84 Å². The molecule has 0 heterocycles.